The van der Waals surface area contributed by atoms with Gasteiger partial charge in [0.1, 0.15) is 11.3 Å². The molecule has 1 aliphatic carbocycles. The summed E-state index contributed by atoms with van der Waals surface area (Å²) in [4.78, 5) is 34.2. The zero-order valence-electron chi connectivity index (χ0n) is 24.1. The van der Waals surface area contributed by atoms with Crippen LogP contribution in [-0.2, 0) is 21.4 Å². The number of carbonyl (C=O) groups is 1. The van der Waals surface area contributed by atoms with Gasteiger partial charge in [-0.25, -0.2) is 27.5 Å². The number of fused-ring (bicyclic) bond motifs is 2. The first-order valence-corrected chi connectivity index (χ1v) is 16.3. The van der Waals surface area contributed by atoms with E-state index < -0.39 is 15.8 Å². The summed E-state index contributed by atoms with van der Waals surface area (Å²) in [6.07, 6.45) is 11.5. The van der Waals surface area contributed by atoms with Gasteiger partial charge >= 0.3 is 0 Å². The predicted molar refractivity (Wildman–Crippen MR) is 168 cm³/mol. The Morgan fingerprint density at radius 1 is 0.956 bits per heavy atom. The summed E-state index contributed by atoms with van der Waals surface area (Å²) in [7, 11) is -3.46. The van der Waals surface area contributed by atoms with Gasteiger partial charge in [0, 0.05) is 36.0 Å². The van der Waals surface area contributed by atoms with Crippen LogP contribution in [0.1, 0.15) is 31.2 Å². The number of nitrogens with zero attached hydrogens (tertiary/aromatic N) is 5. The van der Waals surface area contributed by atoms with Crippen molar-refractivity contribution in [2.45, 2.75) is 32.2 Å². The van der Waals surface area contributed by atoms with Crippen LogP contribution in [0.15, 0.2) is 61.2 Å². The van der Waals surface area contributed by atoms with Crippen molar-refractivity contribution < 1.29 is 17.6 Å². The number of benzene rings is 1. The summed E-state index contributed by atoms with van der Waals surface area (Å²) in [6.45, 7) is -0.0581. The fourth-order valence-corrected chi connectivity index (χ4v) is 6.11. The summed E-state index contributed by atoms with van der Waals surface area (Å²) in [5.41, 5.74) is 6.38. The quantitative estimate of drug-likeness (QED) is 0.184. The van der Waals surface area contributed by atoms with Gasteiger partial charge in [-0.15, -0.1) is 0 Å². The number of hydrogen-bond acceptors (Lipinski definition) is 8. The highest BCUT2D eigenvalue weighted by molar-refractivity contribution is 7.88. The second kappa shape index (κ2) is 11.4. The van der Waals surface area contributed by atoms with E-state index >= 15 is 0 Å². The topological polar surface area (TPSA) is 171 Å². The third-order valence-electron chi connectivity index (χ3n) is 7.86. The van der Waals surface area contributed by atoms with Gasteiger partial charge in [-0.2, -0.15) is 5.10 Å². The van der Waals surface area contributed by atoms with Crippen LogP contribution in [0, 0.1) is 11.7 Å². The van der Waals surface area contributed by atoms with Crippen molar-refractivity contribution in [3.05, 3.63) is 72.6 Å². The van der Waals surface area contributed by atoms with Crippen LogP contribution in [0.3, 0.4) is 0 Å². The second-order valence-electron chi connectivity index (χ2n) is 11.2. The van der Waals surface area contributed by atoms with E-state index in [1.54, 1.807) is 30.9 Å². The van der Waals surface area contributed by atoms with Crippen LogP contribution in [0.4, 0.5) is 10.1 Å². The Bertz CT molecular complexity index is 2190. The lowest BCUT2D eigenvalue weighted by atomic mass is 10.0. The largest absolute Gasteiger partial charge is 0.335 e. The molecule has 0 radical (unpaired) electrons. The lowest BCUT2D eigenvalue weighted by molar-refractivity contribution is -0.119. The average molecular weight is 626 g/mol. The summed E-state index contributed by atoms with van der Waals surface area (Å²) >= 11 is 0. The first-order chi connectivity index (χ1) is 21.7. The molecule has 12 nitrogen and oxygen atoms in total. The Kier molecular flexibility index (Phi) is 7.30. The van der Waals surface area contributed by atoms with Crippen LogP contribution in [0.25, 0.3) is 56.0 Å². The molecular formula is C31H28FN9O3S. The Balaban J connectivity index is 1.22. The van der Waals surface area contributed by atoms with Gasteiger partial charge in [-0.3, -0.25) is 19.9 Å². The highest BCUT2D eigenvalue weighted by atomic mass is 32.2. The molecule has 0 spiro atoms. The van der Waals surface area contributed by atoms with Crippen molar-refractivity contribution >= 4 is 43.7 Å². The molecule has 5 heterocycles. The molecule has 5 aromatic heterocycles. The maximum Gasteiger partial charge on any atom is 0.227 e. The van der Waals surface area contributed by atoms with Gasteiger partial charge in [0.25, 0.3) is 0 Å². The molecule has 4 N–H and O–H groups in total. The van der Waals surface area contributed by atoms with Gasteiger partial charge in [0.15, 0.2) is 11.5 Å². The van der Waals surface area contributed by atoms with E-state index in [2.05, 4.69) is 35.2 Å². The first kappa shape index (κ1) is 28.7. The molecule has 0 unspecified atom stereocenters. The average Bonchev–Trinajstić information content (AvgIpc) is 3.79. The highest BCUT2D eigenvalue weighted by Crippen LogP contribution is 2.32. The smallest absolute Gasteiger partial charge is 0.227 e. The number of H-pyrrole nitrogens is 2. The van der Waals surface area contributed by atoms with Gasteiger partial charge in [-0.1, -0.05) is 12.8 Å². The van der Waals surface area contributed by atoms with Crippen LogP contribution >= 0.6 is 0 Å². The van der Waals surface area contributed by atoms with E-state index in [0.29, 0.717) is 61.7 Å². The van der Waals surface area contributed by atoms with Gasteiger partial charge in [-0.05, 0) is 60.4 Å². The fourth-order valence-electron chi connectivity index (χ4n) is 5.68. The number of carbonyl (C=O) groups excluding carboxylic acids is 1. The fraction of sp³-hybridized carbons (Fsp3) is 0.226. The van der Waals surface area contributed by atoms with E-state index in [9.17, 15) is 17.6 Å². The Hall–Kier alpha value is -5.08. The first-order valence-electron chi connectivity index (χ1n) is 14.4. The maximum absolute atomic E-state index is 14.6. The SMILES string of the molecule is CS(=O)(=O)NCc1cc(F)cc(-c2cncc3[nH]c(-c4n[nH]c5ccc(-c6cncc(NC(=O)C7CCCC7)c6)nc45)nc23)c1. The van der Waals surface area contributed by atoms with Crippen molar-refractivity contribution in [3.8, 4) is 33.9 Å². The van der Waals surface area contributed by atoms with Crippen molar-refractivity contribution in [2.24, 2.45) is 5.92 Å². The standard InChI is InChI=1S/C31H28FN9O3S/c1-45(43,44)35-12-17-8-19(10-21(32)9-17)23-15-34-16-26-27(23)39-30(38-26)29-28-25(40-41-29)7-6-24(37-28)20-11-22(14-33-13-20)36-31(42)18-4-2-3-5-18/h6-11,13-16,18,35H,2-5,12H2,1H3,(H,36,42)(H,38,39)(H,40,41). The number of aromatic amines is 2. The van der Waals surface area contributed by atoms with E-state index in [0.717, 1.165) is 37.5 Å². The van der Waals surface area contributed by atoms with E-state index in [-0.39, 0.29) is 18.4 Å². The highest BCUT2D eigenvalue weighted by Gasteiger charge is 2.23. The summed E-state index contributed by atoms with van der Waals surface area (Å²) < 4.78 is 40.1. The monoisotopic (exact) mass is 625 g/mol. The van der Waals surface area contributed by atoms with Crippen molar-refractivity contribution in [1.29, 1.82) is 0 Å². The van der Waals surface area contributed by atoms with Gasteiger partial charge in [0.05, 0.1) is 46.6 Å². The molecule has 6 aromatic rings. The number of hydrogen-bond donors (Lipinski definition) is 4. The number of imidazole rings is 1. The number of halogens is 1. The molecule has 1 aromatic carbocycles. The molecular weight excluding hydrogens is 597 g/mol. The van der Waals surface area contributed by atoms with Crippen molar-refractivity contribution in [1.82, 2.24) is 39.8 Å². The zero-order valence-corrected chi connectivity index (χ0v) is 24.9. The van der Waals surface area contributed by atoms with E-state index in [1.165, 1.54) is 12.1 Å². The number of aromatic nitrogens is 7. The van der Waals surface area contributed by atoms with Gasteiger partial charge < -0.3 is 10.3 Å². The molecule has 14 heteroatoms. The molecule has 228 valence electrons. The number of pyridine rings is 3. The van der Waals surface area contributed by atoms with Crippen LogP contribution in [0.2, 0.25) is 0 Å². The molecule has 45 heavy (non-hydrogen) atoms. The number of nitrogens with one attached hydrogen (secondary N) is 4. The number of anilines is 1. The molecule has 0 saturated heterocycles. The van der Waals surface area contributed by atoms with E-state index in [1.807, 2.05) is 18.2 Å². The Morgan fingerprint density at radius 3 is 2.60 bits per heavy atom. The van der Waals surface area contributed by atoms with Crippen LogP contribution in [-0.4, -0.2) is 55.7 Å². The molecule has 0 atom stereocenters. The van der Waals surface area contributed by atoms with Crippen LogP contribution < -0.4 is 10.0 Å². The summed E-state index contributed by atoms with van der Waals surface area (Å²) in [6, 6.07) is 9.90. The predicted octanol–water partition coefficient (Wildman–Crippen LogP) is 4.94. The molecule has 1 saturated carbocycles. The number of rotatable bonds is 8. The third-order valence-corrected chi connectivity index (χ3v) is 8.53. The number of sulfonamides is 1. The van der Waals surface area contributed by atoms with Crippen molar-refractivity contribution in [3.63, 3.8) is 0 Å². The minimum absolute atomic E-state index is 0.0192. The van der Waals surface area contributed by atoms with Crippen LogP contribution in [0.5, 0.6) is 0 Å². The second-order valence-corrected chi connectivity index (χ2v) is 13.0. The Morgan fingerprint density at radius 2 is 1.78 bits per heavy atom. The summed E-state index contributed by atoms with van der Waals surface area (Å²) in [5.74, 6) is -0.0276. The minimum Gasteiger partial charge on any atom is -0.335 e. The lowest BCUT2D eigenvalue weighted by Gasteiger charge is -2.11. The van der Waals surface area contributed by atoms with Crippen molar-refractivity contribution in [2.75, 3.05) is 11.6 Å². The van der Waals surface area contributed by atoms with E-state index in [4.69, 9.17) is 9.97 Å². The molecule has 0 aliphatic heterocycles. The molecule has 1 amide bonds. The zero-order chi connectivity index (χ0) is 31.1. The molecule has 7 rings (SSSR count). The molecule has 1 aliphatic rings. The molecule has 0 bridgehead atoms. The van der Waals surface area contributed by atoms with Gasteiger partial charge in [0.2, 0.25) is 15.9 Å². The minimum atomic E-state index is -3.46. The molecule has 1 fully saturated rings. The Labute approximate surface area is 257 Å². The normalized spacial score (nSPS) is 14.0. The maximum atomic E-state index is 14.6. The lowest BCUT2D eigenvalue weighted by Crippen LogP contribution is -2.21. The summed E-state index contributed by atoms with van der Waals surface area (Å²) in [5, 5.41) is 10.5. The third kappa shape index (κ3) is 6.01. The number of amides is 1.